The van der Waals surface area contributed by atoms with E-state index < -0.39 is 24.1 Å². The summed E-state index contributed by atoms with van der Waals surface area (Å²) >= 11 is 0. The fourth-order valence-electron chi connectivity index (χ4n) is 4.10. The molecule has 0 unspecified atom stereocenters. The fourth-order valence-corrected chi connectivity index (χ4v) is 4.10. The van der Waals surface area contributed by atoms with Crippen LogP contribution < -0.4 is 10.2 Å². The first-order valence-corrected chi connectivity index (χ1v) is 12.6. The molecule has 2 fully saturated rings. The van der Waals surface area contributed by atoms with Gasteiger partial charge < -0.3 is 18.9 Å². The van der Waals surface area contributed by atoms with E-state index in [1.54, 1.807) is 11.1 Å². The van der Waals surface area contributed by atoms with Gasteiger partial charge in [-0.15, -0.1) is 0 Å². The molecule has 1 aromatic heterocycles. The lowest BCUT2D eigenvalue weighted by Crippen LogP contribution is -2.41. The number of carbonyl (C=O) groups is 1. The van der Waals surface area contributed by atoms with Gasteiger partial charge in [0.15, 0.2) is 0 Å². The van der Waals surface area contributed by atoms with Gasteiger partial charge in [-0.25, -0.2) is 4.39 Å². The van der Waals surface area contributed by atoms with Crippen LogP contribution in [-0.4, -0.2) is 47.3 Å². The van der Waals surface area contributed by atoms with Crippen LogP contribution in [0.5, 0.6) is 5.75 Å². The molecule has 1 aliphatic carbocycles. The number of hydrogen-bond donors (Lipinski definition) is 0. The lowest BCUT2D eigenvalue weighted by atomic mass is 9.80. The SMILES string of the molecule is CC1(C)OB(c2ccc(CN3CCOc4cc(C5CC5)cc(F)c4C3=O)nc2)OC1(C)C.CCC. The molecular formula is C27H36BFN2O4. The number of amides is 1. The second kappa shape index (κ2) is 9.90. The molecule has 3 heterocycles. The Morgan fingerprint density at radius 2 is 1.77 bits per heavy atom. The molecule has 188 valence electrons. The van der Waals surface area contributed by atoms with Gasteiger partial charge in [0.1, 0.15) is 23.7 Å². The van der Waals surface area contributed by atoms with E-state index in [4.69, 9.17) is 14.0 Å². The topological polar surface area (TPSA) is 60.9 Å². The van der Waals surface area contributed by atoms with E-state index in [0.717, 1.165) is 23.9 Å². The number of rotatable bonds is 4. The quantitative estimate of drug-likeness (QED) is 0.584. The lowest BCUT2D eigenvalue weighted by Gasteiger charge is -2.32. The van der Waals surface area contributed by atoms with Crippen LogP contribution in [0.4, 0.5) is 4.39 Å². The highest BCUT2D eigenvalue weighted by Gasteiger charge is 2.51. The van der Waals surface area contributed by atoms with Crippen LogP contribution in [0.3, 0.4) is 0 Å². The van der Waals surface area contributed by atoms with Gasteiger partial charge in [-0.3, -0.25) is 9.78 Å². The minimum Gasteiger partial charge on any atom is -0.491 e. The summed E-state index contributed by atoms with van der Waals surface area (Å²) in [6, 6.07) is 7.07. The summed E-state index contributed by atoms with van der Waals surface area (Å²) in [5.74, 6) is -0.137. The third kappa shape index (κ3) is 5.38. The number of ether oxygens (including phenoxy) is 1. The molecule has 1 saturated carbocycles. The number of fused-ring (bicyclic) bond motifs is 1. The summed E-state index contributed by atoms with van der Waals surface area (Å²) in [5, 5.41) is 0. The van der Waals surface area contributed by atoms with Crippen LogP contribution in [0.25, 0.3) is 0 Å². The van der Waals surface area contributed by atoms with Gasteiger partial charge in [-0.1, -0.05) is 26.3 Å². The Labute approximate surface area is 208 Å². The molecule has 0 N–H and O–H groups in total. The lowest BCUT2D eigenvalue weighted by molar-refractivity contribution is 0.00578. The van der Waals surface area contributed by atoms with Crippen molar-refractivity contribution in [2.24, 2.45) is 0 Å². The molecule has 1 aromatic carbocycles. The minimum absolute atomic E-state index is 0.0146. The normalized spacial score (nSPS) is 20.5. The third-order valence-corrected chi connectivity index (χ3v) is 6.97. The number of hydrogen-bond acceptors (Lipinski definition) is 5. The Morgan fingerprint density at radius 1 is 1.11 bits per heavy atom. The molecule has 2 aromatic rings. The third-order valence-electron chi connectivity index (χ3n) is 6.97. The minimum atomic E-state index is -0.509. The Morgan fingerprint density at radius 3 is 2.34 bits per heavy atom. The van der Waals surface area contributed by atoms with Gasteiger partial charge in [0.25, 0.3) is 5.91 Å². The van der Waals surface area contributed by atoms with Gasteiger partial charge >= 0.3 is 7.12 Å². The van der Waals surface area contributed by atoms with Gasteiger partial charge in [0, 0.05) is 11.7 Å². The number of benzene rings is 1. The van der Waals surface area contributed by atoms with E-state index in [1.807, 2.05) is 45.9 Å². The molecule has 1 saturated heterocycles. The van der Waals surface area contributed by atoms with Crippen LogP contribution in [0.1, 0.15) is 88.3 Å². The second-order valence-electron chi connectivity index (χ2n) is 10.6. The highest BCUT2D eigenvalue weighted by molar-refractivity contribution is 6.62. The fraction of sp³-hybridized carbons (Fsp3) is 0.556. The zero-order valence-corrected chi connectivity index (χ0v) is 21.7. The van der Waals surface area contributed by atoms with Crippen molar-refractivity contribution in [1.82, 2.24) is 9.88 Å². The van der Waals surface area contributed by atoms with Crippen molar-refractivity contribution < 1.29 is 23.2 Å². The number of aromatic nitrogens is 1. The Balaban J connectivity index is 0.000000917. The summed E-state index contributed by atoms with van der Waals surface area (Å²) in [6.45, 7) is 13.2. The van der Waals surface area contributed by atoms with Crippen LogP contribution in [0, 0.1) is 5.82 Å². The van der Waals surface area contributed by atoms with E-state index in [9.17, 15) is 9.18 Å². The van der Waals surface area contributed by atoms with E-state index in [1.165, 1.54) is 12.5 Å². The molecule has 8 heteroatoms. The van der Waals surface area contributed by atoms with E-state index in [2.05, 4.69) is 18.8 Å². The smallest absolute Gasteiger partial charge is 0.491 e. The van der Waals surface area contributed by atoms with Gasteiger partial charge in [0.2, 0.25) is 0 Å². The van der Waals surface area contributed by atoms with Crippen molar-refractivity contribution in [1.29, 1.82) is 0 Å². The maximum absolute atomic E-state index is 14.8. The van der Waals surface area contributed by atoms with Gasteiger partial charge in [-0.05, 0) is 70.2 Å². The molecule has 6 nitrogen and oxygen atoms in total. The molecule has 1 amide bonds. The molecule has 3 aliphatic rings. The van der Waals surface area contributed by atoms with Crippen molar-refractivity contribution in [3.63, 3.8) is 0 Å². The highest BCUT2D eigenvalue weighted by Crippen LogP contribution is 2.43. The summed E-state index contributed by atoms with van der Waals surface area (Å²) in [5.41, 5.74) is 1.61. The molecular weight excluding hydrogens is 446 g/mol. The first-order chi connectivity index (χ1) is 16.6. The van der Waals surface area contributed by atoms with Crippen LogP contribution in [0.15, 0.2) is 30.5 Å². The second-order valence-corrected chi connectivity index (χ2v) is 10.6. The number of halogens is 1. The van der Waals surface area contributed by atoms with E-state index in [0.29, 0.717) is 30.5 Å². The largest absolute Gasteiger partial charge is 0.496 e. The first-order valence-electron chi connectivity index (χ1n) is 12.6. The Kier molecular flexibility index (Phi) is 7.25. The van der Waals surface area contributed by atoms with Crippen LogP contribution in [-0.2, 0) is 15.9 Å². The highest BCUT2D eigenvalue weighted by atomic mass is 19.1. The molecule has 5 rings (SSSR count). The van der Waals surface area contributed by atoms with Crippen LogP contribution in [0.2, 0.25) is 0 Å². The first kappa shape index (κ1) is 25.6. The molecule has 0 spiro atoms. The summed E-state index contributed by atoms with van der Waals surface area (Å²) in [7, 11) is -0.489. The molecule has 35 heavy (non-hydrogen) atoms. The molecule has 0 bridgehead atoms. The summed E-state index contributed by atoms with van der Waals surface area (Å²) < 4.78 is 32.7. The summed E-state index contributed by atoms with van der Waals surface area (Å²) in [4.78, 5) is 19.2. The summed E-state index contributed by atoms with van der Waals surface area (Å²) in [6.07, 6.45) is 5.09. The monoisotopic (exact) mass is 482 g/mol. The molecule has 0 radical (unpaired) electrons. The average molecular weight is 482 g/mol. The van der Waals surface area contributed by atoms with Crippen molar-refractivity contribution in [3.8, 4) is 5.75 Å². The van der Waals surface area contributed by atoms with Crippen LogP contribution >= 0.6 is 0 Å². The Hall–Kier alpha value is -2.45. The van der Waals surface area contributed by atoms with Gasteiger partial charge in [0.05, 0.1) is 30.0 Å². The number of nitrogens with zero attached hydrogens (tertiary/aromatic N) is 2. The van der Waals surface area contributed by atoms with Crippen molar-refractivity contribution >= 4 is 18.5 Å². The predicted octanol–water partition coefficient (Wildman–Crippen LogP) is 4.85. The average Bonchev–Trinajstić information content (AvgIpc) is 3.61. The zero-order valence-electron chi connectivity index (χ0n) is 21.7. The maximum Gasteiger partial charge on any atom is 0.496 e. The van der Waals surface area contributed by atoms with E-state index >= 15 is 0 Å². The standard InChI is InChI=1S/C24H28BFN2O4.C3H8/c1-23(2)24(3,4)32-25(31-23)17-7-8-18(27-13-17)14-28-9-10-30-20-12-16(15-5-6-15)11-19(26)21(20)22(28)29;1-3-2/h7-8,11-13,15H,5-6,9-10,14H2,1-4H3;3H2,1-2H3. The predicted molar refractivity (Wildman–Crippen MR) is 135 cm³/mol. The Bertz CT molecular complexity index is 1050. The van der Waals surface area contributed by atoms with Crippen molar-refractivity contribution in [3.05, 3.63) is 53.1 Å². The number of carbonyl (C=O) groups excluding carboxylic acids is 1. The van der Waals surface area contributed by atoms with Gasteiger partial charge in [-0.2, -0.15) is 0 Å². The molecule has 0 atom stereocenters. The molecule has 2 aliphatic heterocycles. The number of pyridine rings is 1. The zero-order chi connectivity index (χ0) is 25.4. The van der Waals surface area contributed by atoms with Crippen molar-refractivity contribution in [2.75, 3.05) is 13.2 Å². The van der Waals surface area contributed by atoms with Crippen molar-refractivity contribution in [2.45, 2.75) is 84.5 Å². The van der Waals surface area contributed by atoms with E-state index in [-0.39, 0.29) is 18.0 Å². The maximum atomic E-state index is 14.8.